The number of carbonyl (C=O) groups is 2. The molecule has 0 aliphatic heterocycles. The molecular formula is C6H10O3. The molecule has 52 valence electrons. The normalized spacial score (nSPS) is 9.67. The van der Waals surface area contributed by atoms with Crippen LogP contribution in [0.1, 0.15) is 20.3 Å². The quantitative estimate of drug-likeness (QED) is 0.458. The fourth-order valence-electron chi connectivity index (χ4n) is 0.458. The van der Waals surface area contributed by atoms with Gasteiger partial charge in [-0.25, -0.2) is 4.79 Å². The van der Waals surface area contributed by atoms with Gasteiger partial charge >= 0.3 is 5.97 Å². The number of Topliss-reactive ketones (excluding diaryl/α,β-unsaturated/α-hetero) is 1. The van der Waals surface area contributed by atoms with E-state index in [4.69, 9.17) is 5.11 Å². The van der Waals surface area contributed by atoms with Crippen LogP contribution in [0.2, 0.25) is 0 Å². The fourth-order valence-corrected chi connectivity index (χ4v) is 0.458. The summed E-state index contributed by atoms with van der Waals surface area (Å²) in [6.45, 7) is 3.61. The predicted molar refractivity (Wildman–Crippen MR) is 32.1 cm³/mol. The summed E-state index contributed by atoms with van der Waals surface area (Å²) < 4.78 is 0. The Kier molecular flexibility index (Phi) is 2.91. The Balaban J connectivity index is 3.65. The first-order valence-electron chi connectivity index (χ1n) is 2.80. The molecule has 0 saturated carbocycles. The van der Waals surface area contributed by atoms with Crippen LogP contribution in [-0.2, 0) is 9.59 Å². The van der Waals surface area contributed by atoms with Gasteiger partial charge in [-0.2, -0.15) is 0 Å². The molecule has 0 aliphatic carbocycles. The van der Waals surface area contributed by atoms with Crippen LogP contribution in [0.25, 0.3) is 0 Å². The van der Waals surface area contributed by atoms with E-state index in [9.17, 15) is 9.59 Å². The van der Waals surface area contributed by atoms with Gasteiger partial charge in [-0.15, -0.1) is 0 Å². The van der Waals surface area contributed by atoms with Crippen molar-refractivity contribution in [2.75, 3.05) is 0 Å². The molecule has 0 aromatic carbocycles. The summed E-state index contributed by atoms with van der Waals surface area (Å²) in [5, 5.41) is 8.08. The lowest BCUT2D eigenvalue weighted by atomic mass is 11.1. The molecule has 0 aliphatic rings. The maximum absolute atomic E-state index is 10.4. The van der Waals surface area contributed by atoms with Crippen molar-refractivity contribution in [3.8, 4) is 0 Å². The zero-order valence-corrected chi connectivity index (χ0v) is 5.55. The largest absolute Gasteiger partial charge is 0.476 e. The van der Waals surface area contributed by atoms with Crippen LogP contribution in [0, 0.1) is 5.92 Å². The minimum atomic E-state index is -1.33. The smallest absolute Gasteiger partial charge is 0.372 e. The summed E-state index contributed by atoms with van der Waals surface area (Å²) in [6.07, 6.45) is 0.134. The summed E-state index contributed by atoms with van der Waals surface area (Å²) in [4.78, 5) is 20.2. The molecule has 0 aromatic rings. The molecule has 0 aromatic heterocycles. The second-order valence-electron chi connectivity index (χ2n) is 2.33. The van der Waals surface area contributed by atoms with Crippen LogP contribution in [0.3, 0.4) is 0 Å². The second-order valence-corrected chi connectivity index (χ2v) is 2.33. The SMILES string of the molecule is [13CH3][13CH]([13CH3])[13CH2][13C](=O)[13C](=O)O. The number of ketones is 1. The van der Waals surface area contributed by atoms with E-state index >= 15 is 0 Å². The molecule has 3 heteroatoms. The van der Waals surface area contributed by atoms with Gasteiger partial charge in [0.25, 0.3) is 0 Å². The van der Waals surface area contributed by atoms with E-state index in [1.165, 1.54) is 0 Å². The van der Waals surface area contributed by atoms with Crippen LogP contribution in [0.4, 0.5) is 0 Å². The van der Waals surface area contributed by atoms with Gasteiger partial charge in [0.2, 0.25) is 5.78 Å². The Morgan fingerprint density at radius 1 is 1.44 bits per heavy atom. The Labute approximate surface area is 53.7 Å². The van der Waals surface area contributed by atoms with Gasteiger partial charge in [0.15, 0.2) is 0 Å². The molecule has 3 nitrogen and oxygen atoms in total. The van der Waals surface area contributed by atoms with Crippen LogP contribution in [-0.4, -0.2) is 16.9 Å². The number of carbonyl (C=O) groups excluding carboxylic acids is 1. The highest BCUT2D eigenvalue weighted by Gasteiger charge is 2.11. The lowest BCUT2D eigenvalue weighted by molar-refractivity contribution is -0.149. The minimum absolute atomic E-state index is 0.133. The highest BCUT2D eigenvalue weighted by atomic mass is 16.5. The molecule has 0 unspecified atom stereocenters. The van der Waals surface area contributed by atoms with E-state index in [1.54, 1.807) is 13.8 Å². The Morgan fingerprint density at radius 2 is 1.89 bits per heavy atom. The monoisotopic (exact) mass is 136 g/mol. The first-order chi connectivity index (χ1) is 4.04. The van der Waals surface area contributed by atoms with Crippen molar-refractivity contribution in [3.05, 3.63) is 0 Å². The molecule has 0 spiro atoms. The second kappa shape index (κ2) is 3.22. The molecular weight excluding hydrogens is 126 g/mol. The van der Waals surface area contributed by atoms with E-state index in [-0.39, 0.29) is 12.3 Å². The highest BCUT2D eigenvalue weighted by Crippen LogP contribution is 1.99. The van der Waals surface area contributed by atoms with Crippen LogP contribution in [0.15, 0.2) is 0 Å². The molecule has 0 atom stereocenters. The molecule has 0 bridgehead atoms. The zero-order chi connectivity index (χ0) is 7.44. The third-order valence-corrected chi connectivity index (χ3v) is 0.832. The lowest BCUT2D eigenvalue weighted by Gasteiger charge is -1.97. The van der Waals surface area contributed by atoms with Gasteiger partial charge in [-0.3, -0.25) is 4.79 Å². The maximum Gasteiger partial charge on any atom is 0.372 e. The van der Waals surface area contributed by atoms with Crippen molar-refractivity contribution in [1.82, 2.24) is 0 Å². The molecule has 0 radical (unpaired) electrons. The number of carboxylic acid groups (broad SMARTS) is 1. The standard InChI is InChI=1S/C6H10O3/c1-4(2)3-5(7)6(8)9/h4H,3H2,1-2H3,(H,8,9)/i1+1,2+1,3+1,4+1,5+1,6+1. The number of aliphatic carboxylic acids is 1. The minimum Gasteiger partial charge on any atom is -0.476 e. The van der Waals surface area contributed by atoms with Gasteiger partial charge in [0.1, 0.15) is 0 Å². The number of hydrogen-bond donors (Lipinski definition) is 1. The van der Waals surface area contributed by atoms with Crippen molar-refractivity contribution >= 4 is 11.8 Å². The average molecular weight is 136 g/mol. The molecule has 0 saturated heterocycles. The van der Waals surface area contributed by atoms with E-state index in [0.717, 1.165) is 0 Å². The van der Waals surface area contributed by atoms with Gasteiger partial charge in [-0.05, 0) is 5.92 Å². The lowest BCUT2D eigenvalue weighted by Crippen LogP contribution is -2.14. The number of rotatable bonds is 3. The van der Waals surface area contributed by atoms with Crippen molar-refractivity contribution in [3.63, 3.8) is 0 Å². The van der Waals surface area contributed by atoms with Gasteiger partial charge in [-0.1, -0.05) is 13.8 Å². The first kappa shape index (κ1) is 8.14. The molecule has 0 fully saturated rings. The Hall–Kier alpha value is -0.860. The Bertz CT molecular complexity index is 126. The summed E-state index contributed by atoms with van der Waals surface area (Å²) >= 11 is 0. The highest BCUT2D eigenvalue weighted by molar-refractivity contribution is 6.32. The van der Waals surface area contributed by atoms with Crippen molar-refractivity contribution < 1.29 is 14.7 Å². The van der Waals surface area contributed by atoms with Crippen LogP contribution >= 0.6 is 0 Å². The van der Waals surface area contributed by atoms with Gasteiger partial charge in [0, 0.05) is 6.42 Å². The van der Waals surface area contributed by atoms with Crippen molar-refractivity contribution in [1.29, 1.82) is 0 Å². The molecule has 9 heavy (non-hydrogen) atoms. The molecule has 0 heterocycles. The molecule has 0 amide bonds. The van der Waals surface area contributed by atoms with Gasteiger partial charge in [0.05, 0.1) is 0 Å². The van der Waals surface area contributed by atoms with E-state index in [0.29, 0.717) is 0 Å². The summed E-state index contributed by atoms with van der Waals surface area (Å²) in [6, 6.07) is 0. The summed E-state index contributed by atoms with van der Waals surface area (Å²) in [5.74, 6) is -1.90. The Morgan fingerprint density at radius 3 is 2.00 bits per heavy atom. The zero-order valence-electron chi connectivity index (χ0n) is 5.55. The third-order valence-electron chi connectivity index (χ3n) is 0.832. The van der Waals surface area contributed by atoms with E-state index in [2.05, 4.69) is 0 Å². The topological polar surface area (TPSA) is 54.4 Å². The summed E-state index contributed by atoms with van der Waals surface area (Å²) in [5.41, 5.74) is 0. The fraction of sp³-hybridized carbons (Fsp3) is 0.667. The third kappa shape index (κ3) is 3.70. The van der Waals surface area contributed by atoms with E-state index < -0.39 is 11.8 Å². The molecule has 0 rings (SSSR count). The van der Waals surface area contributed by atoms with E-state index in [1.807, 2.05) is 0 Å². The first-order valence-corrected chi connectivity index (χ1v) is 2.80. The van der Waals surface area contributed by atoms with Crippen molar-refractivity contribution in [2.45, 2.75) is 20.3 Å². The number of carboxylic acids is 1. The number of hydrogen-bond acceptors (Lipinski definition) is 2. The van der Waals surface area contributed by atoms with Crippen LogP contribution in [0.5, 0.6) is 0 Å². The predicted octanol–water partition coefficient (Wildman–Crippen LogP) is 0.686. The maximum atomic E-state index is 10.4. The van der Waals surface area contributed by atoms with Crippen molar-refractivity contribution in [2.24, 2.45) is 5.92 Å². The van der Waals surface area contributed by atoms with Gasteiger partial charge < -0.3 is 5.11 Å². The summed E-state index contributed by atoms with van der Waals surface area (Å²) in [7, 11) is 0. The van der Waals surface area contributed by atoms with Crippen LogP contribution < -0.4 is 0 Å². The average Bonchev–Trinajstić information content (AvgIpc) is 1.63. The molecule has 1 N–H and O–H groups in total.